The molecule has 0 radical (unpaired) electrons. The van der Waals surface area contributed by atoms with Gasteiger partial charge in [0.25, 0.3) is 0 Å². The summed E-state index contributed by atoms with van der Waals surface area (Å²) in [6.45, 7) is 0.475. The zero-order valence-electron chi connectivity index (χ0n) is 6.53. The largest absolute Gasteiger partial charge is 0.464 e. The first-order valence-corrected chi connectivity index (χ1v) is 5.20. The molecule has 0 aromatic heterocycles. The van der Waals surface area contributed by atoms with Crippen molar-refractivity contribution in [1.82, 2.24) is 4.31 Å². The lowest BCUT2D eigenvalue weighted by Crippen LogP contribution is -2.16. The minimum atomic E-state index is -0.891. The highest BCUT2D eigenvalue weighted by atomic mass is 79.9. The first-order valence-electron chi connectivity index (χ1n) is 3.63. The van der Waals surface area contributed by atoms with Gasteiger partial charge in [0.15, 0.2) is 0 Å². The summed E-state index contributed by atoms with van der Waals surface area (Å²) in [6.07, 6.45) is -0.891. The number of halogens is 1. The van der Waals surface area contributed by atoms with E-state index in [2.05, 4.69) is 15.9 Å². The molecule has 1 aromatic carbocycles. The molecule has 0 saturated heterocycles. The minimum Gasteiger partial charge on any atom is -0.464 e. The molecule has 0 bridgehead atoms. The molecule has 3 nitrogen and oxygen atoms in total. The topological polar surface area (TPSA) is 40.5 Å². The number of carboxylic acid groups (broad SMARTS) is 1. The maximum atomic E-state index is 10.6. The van der Waals surface area contributed by atoms with Crippen LogP contribution < -0.4 is 0 Å². The Morgan fingerprint density at radius 1 is 1.62 bits per heavy atom. The quantitative estimate of drug-likeness (QED) is 0.729. The molecule has 1 aliphatic rings. The summed E-state index contributed by atoms with van der Waals surface area (Å²) in [5.74, 6) is 0. The molecule has 0 spiro atoms. The van der Waals surface area contributed by atoms with Crippen LogP contribution in [-0.2, 0) is 6.54 Å². The van der Waals surface area contributed by atoms with Gasteiger partial charge in [0, 0.05) is 9.37 Å². The van der Waals surface area contributed by atoms with E-state index >= 15 is 0 Å². The molecule has 2 rings (SSSR count). The van der Waals surface area contributed by atoms with E-state index in [0.717, 1.165) is 14.9 Å². The molecule has 5 heteroatoms. The zero-order valence-corrected chi connectivity index (χ0v) is 8.93. The monoisotopic (exact) mass is 259 g/mol. The number of hydrogen-bond donors (Lipinski definition) is 1. The van der Waals surface area contributed by atoms with Gasteiger partial charge in [-0.25, -0.2) is 9.10 Å². The van der Waals surface area contributed by atoms with Crippen molar-refractivity contribution in [3.05, 3.63) is 28.2 Å². The van der Waals surface area contributed by atoms with Crippen LogP contribution in [0, 0.1) is 0 Å². The van der Waals surface area contributed by atoms with E-state index in [-0.39, 0.29) is 0 Å². The number of hydrogen-bond acceptors (Lipinski definition) is 2. The third-order valence-corrected chi connectivity index (χ3v) is 3.34. The Labute approximate surface area is 88.0 Å². The van der Waals surface area contributed by atoms with Crippen molar-refractivity contribution in [3.8, 4) is 0 Å². The third kappa shape index (κ3) is 1.66. The molecule has 0 unspecified atom stereocenters. The van der Waals surface area contributed by atoms with Gasteiger partial charge in [-0.15, -0.1) is 0 Å². The Balaban J connectivity index is 2.30. The second-order valence-corrected chi connectivity index (χ2v) is 4.64. The summed E-state index contributed by atoms with van der Waals surface area (Å²) < 4.78 is 2.29. The van der Waals surface area contributed by atoms with Gasteiger partial charge >= 0.3 is 6.09 Å². The van der Waals surface area contributed by atoms with E-state index in [1.165, 1.54) is 16.3 Å². The van der Waals surface area contributed by atoms with Crippen molar-refractivity contribution in [2.75, 3.05) is 0 Å². The molecule has 0 fully saturated rings. The standard InChI is InChI=1S/C8H6BrNO2S/c9-6-2-1-5-4-10(8(11)12)13-7(5)3-6/h1-3H,4H2,(H,11,12). The van der Waals surface area contributed by atoms with Gasteiger partial charge < -0.3 is 5.11 Å². The van der Waals surface area contributed by atoms with Crippen molar-refractivity contribution in [1.29, 1.82) is 0 Å². The van der Waals surface area contributed by atoms with Crippen LogP contribution in [0.4, 0.5) is 4.79 Å². The number of amides is 1. The molecule has 1 aromatic rings. The Hall–Kier alpha value is -0.680. The number of nitrogens with zero attached hydrogens (tertiary/aromatic N) is 1. The summed E-state index contributed by atoms with van der Waals surface area (Å²) in [6, 6.07) is 5.79. The van der Waals surface area contributed by atoms with Crippen molar-refractivity contribution >= 4 is 34.0 Å². The Bertz CT molecular complexity index is 369. The minimum absolute atomic E-state index is 0.475. The highest BCUT2D eigenvalue weighted by Gasteiger charge is 2.23. The van der Waals surface area contributed by atoms with E-state index in [0.29, 0.717) is 6.54 Å². The van der Waals surface area contributed by atoms with Crippen LogP contribution in [0.15, 0.2) is 27.6 Å². The maximum absolute atomic E-state index is 10.6. The highest BCUT2D eigenvalue weighted by molar-refractivity contribution is 9.10. The summed E-state index contributed by atoms with van der Waals surface area (Å²) in [5.41, 5.74) is 1.07. The second kappa shape index (κ2) is 3.23. The second-order valence-electron chi connectivity index (χ2n) is 2.66. The van der Waals surface area contributed by atoms with Crippen molar-refractivity contribution in [2.24, 2.45) is 0 Å². The molecule has 0 atom stereocenters. The van der Waals surface area contributed by atoms with Crippen LogP contribution in [0.3, 0.4) is 0 Å². The van der Waals surface area contributed by atoms with Crippen LogP contribution in [0.2, 0.25) is 0 Å². The van der Waals surface area contributed by atoms with E-state index in [9.17, 15) is 4.79 Å². The van der Waals surface area contributed by atoms with E-state index in [1.807, 2.05) is 18.2 Å². The van der Waals surface area contributed by atoms with Gasteiger partial charge in [0.1, 0.15) is 0 Å². The average Bonchev–Trinajstić information content (AvgIpc) is 2.46. The molecule has 68 valence electrons. The Morgan fingerprint density at radius 2 is 2.38 bits per heavy atom. The Kier molecular flexibility index (Phi) is 2.21. The summed E-state index contributed by atoms with van der Waals surface area (Å²) in [5, 5.41) is 8.75. The number of rotatable bonds is 0. The van der Waals surface area contributed by atoms with Crippen molar-refractivity contribution < 1.29 is 9.90 Å². The third-order valence-electron chi connectivity index (χ3n) is 1.77. The van der Waals surface area contributed by atoms with Crippen molar-refractivity contribution in [2.45, 2.75) is 11.4 Å². The fourth-order valence-corrected chi connectivity index (χ4v) is 2.62. The number of fused-ring (bicyclic) bond motifs is 1. The average molecular weight is 260 g/mol. The number of benzene rings is 1. The summed E-state index contributed by atoms with van der Waals surface area (Å²) in [7, 11) is 0. The first-order chi connectivity index (χ1) is 6.16. The van der Waals surface area contributed by atoms with Crippen LogP contribution in [0.5, 0.6) is 0 Å². The van der Waals surface area contributed by atoms with Crippen LogP contribution in [-0.4, -0.2) is 15.5 Å². The highest BCUT2D eigenvalue weighted by Crippen LogP contribution is 2.37. The lowest BCUT2D eigenvalue weighted by Gasteiger charge is -2.06. The van der Waals surface area contributed by atoms with Crippen LogP contribution >= 0.6 is 27.9 Å². The van der Waals surface area contributed by atoms with Crippen LogP contribution in [0.25, 0.3) is 0 Å². The van der Waals surface area contributed by atoms with Gasteiger partial charge in [-0.05, 0) is 29.6 Å². The molecule has 13 heavy (non-hydrogen) atoms. The smallest absolute Gasteiger partial charge is 0.418 e. The van der Waals surface area contributed by atoms with E-state index < -0.39 is 6.09 Å². The summed E-state index contributed by atoms with van der Waals surface area (Å²) >= 11 is 4.60. The Morgan fingerprint density at radius 3 is 3.08 bits per heavy atom. The maximum Gasteiger partial charge on any atom is 0.418 e. The van der Waals surface area contributed by atoms with E-state index in [1.54, 1.807) is 0 Å². The lowest BCUT2D eigenvalue weighted by atomic mass is 10.2. The molecular formula is C8H6BrNO2S. The fraction of sp³-hybridized carbons (Fsp3) is 0.125. The normalized spacial score (nSPS) is 14.4. The molecule has 0 aliphatic carbocycles. The van der Waals surface area contributed by atoms with Gasteiger partial charge in [0.05, 0.1) is 6.54 Å². The SMILES string of the molecule is O=C(O)N1Cc2ccc(Br)cc2S1. The predicted octanol–water partition coefficient (Wildman–Crippen LogP) is 2.95. The molecule has 0 saturated carbocycles. The summed E-state index contributed by atoms with van der Waals surface area (Å²) in [4.78, 5) is 11.7. The van der Waals surface area contributed by atoms with E-state index in [4.69, 9.17) is 5.11 Å². The molecular weight excluding hydrogens is 254 g/mol. The first kappa shape index (κ1) is 8.90. The lowest BCUT2D eigenvalue weighted by molar-refractivity contribution is 0.175. The van der Waals surface area contributed by atoms with Gasteiger partial charge in [-0.1, -0.05) is 22.0 Å². The van der Waals surface area contributed by atoms with Crippen LogP contribution in [0.1, 0.15) is 5.56 Å². The zero-order chi connectivity index (χ0) is 9.42. The van der Waals surface area contributed by atoms with Gasteiger partial charge in [-0.2, -0.15) is 0 Å². The number of carbonyl (C=O) groups is 1. The molecule has 1 aliphatic heterocycles. The van der Waals surface area contributed by atoms with Gasteiger partial charge in [0.2, 0.25) is 0 Å². The van der Waals surface area contributed by atoms with Crippen molar-refractivity contribution in [3.63, 3.8) is 0 Å². The molecule has 1 heterocycles. The molecule has 1 amide bonds. The fourth-order valence-electron chi connectivity index (χ4n) is 1.16. The van der Waals surface area contributed by atoms with Gasteiger partial charge in [-0.3, -0.25) is 0 Å². The molecule has 1 N–H and O–H groups in total. The predicted molar refractivity (Wildman–Crippen MR) is 53.6 cm³/mol.